The molecule has 0 bridgehead atoms. The predicted molar refractivity (Wildman–Crippen MR) is 106 cm³/mol. The smallest absolute Gasteiger partial charge is 0.233 e. The van der Waals surface area contributed by atoms with Crippen molar-refractivity contribution in [3.05, 3.63) is 0 Å². The van der Waals surface area contributed by atoms with Crippen molar-refractivity contribution in [3.63, 3.8) is 0 Å². The number of hydrogen-bond donors (Lipinski definition) is 2. The van der Waals surface area contributed by atoms with Gasteiger partial charge in [-0.3, -0.25) is 9.59 Å². The Morgan fingerprint density at radius 2 is 1.16 bits per heavy atom. The van der Waals surface area contributed by atoms with Crippen LogP contribution in [0.1, 0.15) is 55.4 Å². The Morgan fingerprint density at radius 1 is 0.840 bits per heavy atom. The van der Waals surface area contributed by atoms with Crippen molar-refractivity contribution in [2.75, 3.05) is 0 Å². The summed E-state index contributed by atoms with van der Waals surface area (Å²) in [4.78, 5) is 24.3. The minimum atomic E-state index is -0.260. The fourth-order valence-corrected chi connectivity index (χ4v) is 4.95. The Labute approximate surface area is 162 Å². The number of rotatable bonds is 6. The Kier molecular flexibility index (Phi) is 7.76. The fourth-order valence-electron chi connectivity index (χ4n) is 1.64. The zero-order valence-electron chi connectivity index (χ0n) is 16.1. The highest BCUT2D eigenvalue weighted by atomic mass is 32.2. The number of carbonyl (C=O) groups excluding carboxylic acids is 2. The van der Waals surface area contributed by atoms with Crippen LogP contribution in [0.4, 0.5) is 0 Å². The molecule has 2 atom stereocenters. The van der Waals surface area contributed by atoms with Crippen LogP contribution < -0.4 is 10.6 Å². The van der Waals surface area contributed by atoms with Gasteiger partial charge in [0.25, 0.3) is 0 Å². The Balaban J connectivity index is 2.59. The average Bonchev–Trinajstić information content (AvgIpc) is 2.81. The number of carbonyl (C=O) groups is 2. The summed E-state index contributed by atoms with van der Waals surface area (Å²) in [6.45, 7) is 15.4. The lowest BCUT2D eigenvalue weighted by Gasteiger charge is -2.22. The first-order valence-corrected chi connectivity index (χ1v) is 10.7. The van der Waals surface area contributed by atoms with E-state index >= 15 is 0 Å². The highest BCUT2D eigenvalue weighted by molar-refractivity contribution is 8.04. The lowest BCUT2D eigenvalue weighted by atomic mass is 10.1. The molecule has 0 aliphatic rings. The van der Waals surface area contributed by atoms with E-state index in [0.717, 1.165) is 8.68 Å². The first-order valence-electron chi connectivity index (χ1n) is 8.08. The van der Waals surface area contributed by atoms with E-state index in [-0.39, 0.29) is 33.4 Å². The van der Waals surface area contributed by atoms with Crippen LogP contribution in [-0.4, -0.2) is 43.6 Å². The average molecular weight is 405 g/mol. The van der Waals surface area contributed by atoms with Gasteiger partial charge in [-0.15, -0.1) is 10.2 Å². The Hall–Kier alpha value is -0.800. The van der Waals surface area contributed by atoms with Gasteiger partial charge in [-0.25, -0.2) is 0 Å². The molecule has 9 heteroatoms. The van der Waals surface area contributed by atoms with Gasteiger partial charge >= 0.3 is 0 Å². The molecule has 0 unspecified atom stereocenters. The molecule has 2 N–H and O–H groups in total. The Bertz CT molecular complexity index is 555. The molecule has 6 nitrogen and oxygen atoms in total. The molecule has 1 aromatic heterocycles. The third-order valence-electron chi connectivity index (χ3n) is 2.68. The first-order chi connectivity index (χ1) is 11.3. The zero-order chi connectivity index (χ0) is 19.4. The van der Waals surface area contributed by atoms with E-state index in [1.54, 1.807) is 0 Å². The summed E-state index contributed by atoms with van der Waals surface area (Å²) in [5.74, 6) is -0.0559. The Morgan fingerprint density at radius 3 is 1.44 bits per heavy atom. The van der Waals surface area contributed by atoms with Crippen molar-refractivity contribution in [3.8, 4) is 0 Å². The van der Waals surface area contributed by atoms with Crippen molar-refractivity contribution >= 4 is 46.7 Å². The lowest BCUT2D eigenvalue weighted by Crippen LogP contribution is -2.44. The molecule has 1 heterocycles. The van der Waals surface area contributed by atoms with Gasteiger partial charge in [0, 0.05) is 11.1 Å². The third-order valence-corrected chi connectivity index (χ3v) is 5.97. The van der Waals surface area contributed by atoms with Crippen LogP contribution in [0.2, 0.25) is 0 Å². The number of hydrogen-bond acceptors (Lipinski definition) is 7. The van der Waals surface area contributed by atoms with E-state index in [9.17, 15) is 9.59 Å². The number of aromatic nitrogens is 2. The third kappa shape index (κ3) is 8.91. The molecular formula is C16H28N4O2S3. The SMILES string of the molecule is C[C@H](Sc1nnc(S[C@H](C)C(=O)NC(C)(C)C)s1)C(=O)NC(C)(C)C. The summed E-state index contributed by atoms with van der Waals surface area (Å²) in [5, 5.41) is 13.6. The van der Waals surface area contributed by atoms with Crippen LogP contribution in [0.25, 0.3) is 0 Å². The molecule has 2 amide bonds. The summed E-state index contributed by atoms with van der Waals surface area (Å²) >= 11 is 4.16. The minimum absolute atomic E-state index is 0.0279. The lowest BCUT2D eigenvalue weighted by molar-refractivity contribution is -0.122. The van der Waals surface area contributed by atoms with Gasteiger partial charge < -0.3 is 10.6 Å². The van der Waals surface area contributed by atoms with E-state index in [1.165, 1.54) is 34.9 Å². The number of thioether (sulfide) groups is 2. The second-order valence-corrected chi connectivity index (χ2v) is 12.0. The quantitative estimate of drug-likeness (QED) is 0.708. The van der Waals surface area contributed by atoms with Crippen LogP contribution in [0.3, 0.4) is 0 Å². The summed E-state index contributed by atoms with van der Waals surface area (Å²) in [6.07, 6.45) is 0. The number of nitrogens with one attached hydrogen (secondary N) is 2. The number of amides is 2. The van der Waals surface area contributed by atoms with Crippen molar-refractivity contribution in [1.82, 2.24) is 20.8 Å². The highest BCUT2D eigenvalue weighted by Crippen LogP contribution is 2.33. The van der Waals surface area contributed by atoms with Crippen molar-refractivity contribution in [2.24, 2.45) is 0 Å². The molecule has 1 aromatic rings. The van der Waals surface area contributed by atoms with Gasteiger partial charge in [0.15, 0.2) is 8.68 Å². The van der Waals surface area contributed by atoms with Crippen molar-refractivity contribution in [2.45, 2.75) is 85.6 Å². The highest BCUT2D eigenvalue weighted by Gasteiger charge is 2.24. The van der Waals surface area contributed by atoms with Gasteiger partial charge in [-0.2, -0.15) is 0 Å². The molecule has 1 rings (SSSR count). The summed E-state index contributed by atoms with van der Waals surface area (Å²) in [5.41, 5.74) is -0.520. The maximum absolute atomic E-state index is 12.1. The molecule has 0 saturated carbocycles. The van der Waals surface area contributed by atoms with Crippen LogP contribution >= 0.6 is 34.9 Å². The van der Waals surface area contributed by atoms with E-state index in [2.05, 4.69) is 20.8 Å². The van der Waals surface area contributed by atoms with Crippen molar-refractivity contribution in [1.29, 1.82) is 0 Å². The summed E-state index contributed by atoms with van der Waals surface area (Å²) in [7, 11) is 0. The largest absolute Gasteiger partial charge is 0.351 e. The van der Waals surface area contributed by atoms with Crippen molar-refractivity contribution < 1.29 is 9.59 Å². The van der Waals surface area contributed by atoms with E-state index in [0.29, 0.717) is 0 Å². The molecule has 0 saturated heterocycles. The van der Waals surface area contributed by atoms with Crippen LogP contribution in [0.15, 0.2) is 8.68 Å². The maximum atomic E-state index is 12.1. The molecule has 142 valence electrons. The van der Waals surface area contributed by atoms with E-state index in [4.69, 9.17) is 0 Å². The van der Waals surface area contributed by atoms with Gasteiger partial charge in [0.05, 0.1) is 10.5 Å². The monoisotopic (exact) mass is 404 g/mol. The molecule has 25 heavy (non-hydrogen) atoms. The van der Waals surface area contributed by atoms with Crippen LogP contribution in [0.5, 0.6) is 0 Å². The molecule has 0 aromatic carbocycles. The molecular weight excluding hydrogens is 376 g/mol. The molecule has 0 aliphatic heterocycles. The van der Waals surface area contributed by atoms with Gasteiger partial charge in [0.2, 0.25) is 11.8 Å². The molecule has 0 spiro atoms. The number of nitrogens with zero attached hydrogens (tertiary/aromatic N) is 2. The topological polar surface area (TPSA) is 84.0 Å². The summed E-state index contributed by atoms with van der Waals surface area (Å²) < 4.78 is 1.45. The van der Waals surface area contributed by atoms with Gasteiger partial charge in [-0.1, -0.05) is 34.9 Å². The normalized spacial score (nSPS) is 14.7. The zero-order valence-corrected chi connectivity index (χ0v) is 18.5. The summed E-state index contributed by atoms with van der Waals surface area (Å²) in [6, 6.07) is 0. The van der Waals surface area contributed by atoms with Crippen LogP contribution in [-0.2, 0) is 9.59 Å². The molecule has 0 radical (unpaired) electrons. The first kappa shape index (κ1) is 22.2. The second kappa shape index (κ2) is 8.73. The molecule has 0 aliphatic carbocycles. The van der Waals surface area contributed by atoms with Gasteiger partial charge in [-0.05, 0) is 55.4 Å². The second-order valence-electron chi connectivity index (χ2n) is 7.83. The fraction of sp³-hybridized carbons (Fsp3) is 0.750. The van der Waals surface area contributed by atoms with E-state index < -0.39 is 0 Å². The maximum Gasteiger partial charge on any atom is 0.233 e. The molecule has 0 fully saturated rings. The van der Waals surface area contributed by atoms with Gasteiger partial charge in [0.1, 0.15) is 0 Å². The van der Waals surface area contributed by atoms with E-state index in [1.807, 2.05) is 55.4 Å². The minimum Gasteiger partial charge on any atom is -0.351 e. The standard InChI is InChI=1S/C16H28N4O2S3/c1-9(11(21)17-15(3,4)5)23-13-19-20-14(25-13)24-10(2)12(22)18-16(6,7)8/h9-10H,1-8H3,(H,17,21)(H,18,22)/t9-,10+. The predicted octanol–water partition coefficient (Wildman–Crippen LogP) is 3.33. The van der Waals surface area contributed by atoms with Crippen LogP contribution in [0, 0.1) is 0 Å².